The molecule has 4 rings (SSSR count). The van der Waals surface area contributed by atoms with Crippen molar-refractivity contribution in [1.82, 2.24) is 14.5 Å². The van der Waals surface area contributed by atoms with Crippen molar-refractivity contribution in [2.45, 2.75) is 10.2 Å². The van der Waals surface area contributed by atoms with E-state index in [2.05, 4.69) is 22.9 Å². The van der Waals surface area contributed by atoms with Crippen molar-refractivity contribution in [3.05, 3.63) is 64.8 Å². The van der Waals surface area contributed by atoms with Gasteiger partial charge in [0.15, 0.2) is 10.8 Å². The Balaban J connectivity index is 2.08. The number of halogens is 2. The number of nitrogens with zero attached hydrogens (tertiary/aromatic N) is 3. The quantitative estimate of drug-likeness (QED) is 0.201. The van der Waals surface area contributed by atoms with Crippen LogP contribution >= 0.6 is 46.7 Å². The summed E-state index contributed by atoms with van der Waals surface area (Å²) in [4.78, 5) is 9.52. The van der Waals surface area contributed by atoms with Crippen LogP contribution in [0.1, 0.15) is 0 Å². The normalized spacial score (nSPS) is 11.3. The van der Waals surface area contributed by atoms with Crippen LogP contribution in [-0.2, 0) is 0 Å². The van der Waals surface area contributed by atoms with E-state index in [1.54, 1.807) is 17.8 Å². The Morgan fingerprint density at radius 3 is 2.33 bits per heavy atom. The van der Waals surface area contributed by atoms with E-state index in [4.69, 9.17) is 33.2 Å². The van der Waals surface area contributed by atoms with Crippen LogP contribution in [0.5, 0.6) is 0 Å². The summed E-state index contributed by atoms with van der Waals surface area (Å²) >= 11 is 15.5. The highest BCUT2D eigenvalue weighted by atomic mass is 35.5. The van der Waals surface area contributed by atoms with Gasteiger partial charge in [0.05, 0.1) is 15.4 Å². The Morgan fingerprint density at radius 1 is 0.889 bits per heavy atom. The van der Waals surface area contributed by atoms with Gasteiger partial charge in [-0.3, -0.25) is 0 Å². The second-order valence-corrected chi connectivity index (χ2v) is 8.18. The van der Waals surface area contributed by atoms with E-state index in [-0.39, 0.29) is 0 Å². The van der Waals surface area contributed by atoms with E-state index in [1.807, 2.05) is 42.8 Å². The summed E-state index contributed by atoms with van der Waals surface area (Å²) in [5, 5.41) is 3.79. The SMILES string of the molecule is CSc1nc(SC)c2c(-c3ccccc3)cn(-c3ccc(Cl)c(Cl)c3)c2n1. The highest BCUT2D eigenvalue weighted by Gasteiger charge is 2.19. The molecule has 0 fully saturated rings. The number of hydrogen-bond donors (Lipinski definition) is 0. The third kappa shape index (κ3) is 3.45. The first-order valence-corrected chi connectivity index (χ1v) is 11.3. The fourth-order valence-corrected chi connectivity index (χ4v) is 4.28. The topological polar surface area (TPSA) is 30.7 Å². The third-order valence-corrected chi connectivity index (χ3v) is 6.20. The van der Waals surface area contributed by atoms with Crippen LogP contribution in [0.2, 0.25) is 10.0 Å². The molecule has 0 saturated heterocycles. The minimum Gasteiger partial charge on any atom is -0.300 e. The Labute approximate surface area is 176 Å². The number of rotatable bonds is 4. The summed E-state index contributed by atoms with van der Waals surface area (Å²) in [6.45, 7) is 0. The van der Waals surface area contributed by atoms with Gasteiger partial charge in [0.1, 0.15) is 5.03 Å². The zero-order chi connectivity index (χ0) is 19.0. The van der Waals surface area contributed by atoms with Crippen LogP contribution in [0.3, 0.4) is 0 Å². The molecule has 2 heterocycles. The van der Waals surface area contributed by atoms with Gasteiger partial charge in [-0.25, -0.2) is 9.97 Å². The fraction of sp³-hybridized carbons (Fsp3) is 0.100. The van der Waals surface area contributed by atoms with Gasteiger partial charge in [-0.05, 0) is 36.3 Å². The van der Waals surface area contributed by atoms with Crippen molar-refractivity contribution >= 4 is 57.8 Å². The maximum Gasteiger partial charge on any atom is 0.190 e. The first-order chi connectivity index (χ1) is 13.1. The largest absolute Gasteiger partial charge is 0.300 e. The van der Waals surface area contributed by atoms with Crippen molar-refractivity contribution in [3.8, 4) is 16.8 Å². The molecule has 0 amide bonds. The number of thioether (sulfide) groups is 2. The van der Waals surface area contributed by atoms with Crippen molar-refractivity contribution < 1.29 is 0 Å². The molecule has 0 aliphatic rings. The maximum absolute atomic E-state index is 6.27. The first kappa shape index (κ1) is 18.7. The first-order valence-electron chi connectivity index (χ1n) is 8.14. The Morgan fingerprint density at radius 2 is 1.67 bits per heavy atom. The molecule has 27 heavy (non-hydrogen) atoms. The standard InChI is InChI=1S/C20H15Cl2N3S2/c1-26-19-17-14(12-6-4-3-5-7-12)11-25(18(17)23-20(24-19)27-2)13-8-9-15(21)16(22)10-13/h3-11H,1-2H3. The van der Waals surface area contributed by atoms with E-state index < -0.39 is 0 Å². The summed E-state index contributed by atoms with van der Waals surface area (Å²) in [7, 11) is 0. The Hall–Kier alpha value is -1.66. The lowest BCUT2D eigenvalue weighted by Crippen LogP contribution is -1.97. The predicted molar refractivity (Wildman–Crippen MR) is 118 cm³/mol. The molecule has 3 nitrogen and oxygen atoms in total. The molecule has 0 N–H and O–H groups in total. The van der Waals surface area contributed by atoms with Crippen molar-refractivity contribution in [2.75, 3.05) is 12.5 Å². The average molecular weight is 432 g/mol. The van der Waals surface area contributed by atoms with Gasteiger partial charge < -0.3 is 4.57 Å². The molecule has 0 bridgehead atoms. The lowest BCUT2D eigenvalue weighted by molar-refractivity contribution is 0.915. The summed E-state index contributed by atoms with van der Waals surface area (Å²) in [6, 6.07) is 15.9. The van der Waals surface area contributed by atoms with E-state index in [1.165, 1.54) is 11.8 Å². The van der Waals surface area contributed by atoms with Crippen LogP contribution < -0.4 is 0 Å². The summed E-state index contributed by atoms with van der Waals surface area (Å²) in [5.74, 6) is 0. The summed E-state index contributed by atoms with van der Waals surface area (Å²) in [6.07, 6.45) is 6.12. The second-order valence-electron chi connectivity index (χ2n) is 5.80. The van der Waals surface area contributed by atoms with Crippen LogP contribution in [0, 0.1) is 0 Å². The third-order valence-electron chi connectivity index (χ3n) is 4.23. The summed E-state index contributed by atoms with van der Waals surface area (Å²) < 4.78 is 2.06. The van der Waals surface area contributed by atoms with E-state index >= 15 is 0 Å². The highest BCUT2D eigenvalue weighted by molar-refractivity contribution is 7.99. The molecule has 0 aliphatic carbocycles. The summed E-state index contributed by atoms with van der Waals surface area (Å²) in [5.41, 5.74) is 3.98. The molecule has 2 aromatic carbocycles. The molecular weight excluding hydrogens is 417 g/mol. The van der Waals surface area contributed by atoms with Gasteiger partial charge >= 0.3 is 0 Å². The van der Waals surface area contributed by atoms with Gasteiger partial charge in [0.2, 0.25) is 0 Å². The van der Waals surface area contributed by atoms with Gasteiger partial charge in [-0.1, -0.05) is 65.3 Å². The van der Waals surface area contributed by atoms with Crippen LogP contribution in [0.25, 0.3) is 27.8 Å². The van der Waals surface area contributed by atoms with E-state index in [9.17, 15) is 0 Å². The van der Waals surface area contributed by atoms with Crippen LogP contribution in [-0.4, -0.2) is 27.0 Å². The van der Waals surface area contributed by atoms with E-state index in [0.29, 0.717) is 10.0 Å². The van der Waals surface area contributed by atoms with Crippen molar-refractivity contribution in [2.24, 2.45) is 0 Å². The van der Waals surface area contributed by atoms with Gasteiger partial charge in [0, 0.05) is 17.4 Å². The number of aromatic nitrogens is 3. The van der Waals surface area contributed by atoms with Gasteiger partial charge in [0.25, 0.3) is 0 Å². The second kappa shape index (κ2) is 7.76. The molecule has 2 aromatic heterocycles. The van der Waals surface area contributed by atoms with Gasteiger partial charge in [-0.2, -0.15) is 0 Å². The van der Waals surface area contributed by atoms with Crippen LogP contribution in [0.4, 0.5) is 0 Å². The Bertz CT molecular complexity index is 1130. The minimum absolute atomic E-state index is 0.515. The molecule has 0 atom stereocenters. The maximum atomic E-state index is 6.27. The molecule has 0 spiro atoms. The molecule has 0 aliphatic heterocycles. The lowest BCUT2D eigenvalue weighted by atomic mass is 10.1. The molecular formula is C20H15Cl2N3S2. The van der Waals surface area contributed by atoms with Gasteiger partial charge in [-0.15, -0.1) is 11.8 Å². The zero-order valence-electron chi connectivity index (χ0n) is 14.6. The van der Waals surface area contributed by atoms with Crippen molar-refractivity contribution in [3.63, 3.8) is 0 Å². The number of benzene rings is 2. The lowest BCUT2D eigenvalue weighted by Gasteiger charge is -2.08. The zero-order valence-corrected chi connectivity index (χ0v) is 17.8. The number of fused-ring (bicyclic) bond motifs is 1. The average Bonchev–Trinajstić information content (AvgIpc) is 3.09. The smallest absolute Gasteiger partial charge is 0.190 e. The van der Waals surface area contributed by atoms with Crippen LogP contribution in [0.15, 0.2) is 64.9 Å². The minimum atomic E-state index is 0.515. The number of hydrogen-bond acceptors (Lipinski definition) is 4. The molecule has 7 heteroatoms. The Kier molecular flexibility index (Phi) is 5.37. The fourth-order valence-electron chi connectivity index (χ4n) is 2.98. The molecule has 0 saturated carbocycles. The monoisotopic (exact) mass is 431 g/mol. The molecule has 0 radical (unpaired) electrons. The molecule has 136 valence electrons. The highest BCUT2D eigenvalue weighted by Crippen LogP contribution is 2.38. The molecule has 4 aromatic rings. The van der Waals surface area contributed by atoms with Crippen molar-refractivity contribution in [1.29, 1.82) is 0 Å². The predicted octanol–water partition coefficient (Wildman–Crippen LogP) is 6.84. The van der Waals surface area contributed by atoms with E-state index in [0.717, 1.165) is 38.0 Å². The molecule has 0 unspecified atom stereocenters.